The van der Waals surface area contributed by atoms with Gasteiger partial charge in [-0.25, -0.2) is 0 Å². The Bertz CT molecular complexity index is 610. The van der Waals surface area contributed by atoms with Crippen LogP contribution in [-0.4, -0.2) is 35.4 Å². The number of carbonyl (C=O) groups is 1. The lowest BCUT2D eigenvalue weighted by Gasteiger charge is -2.36. The van der Waals surface area contributed by atoms with Crippen molar-refractivity contribution in [3.05, 3.63) is 65.5 Å². The smallest absolute Gasteiger partial charge is 0.254 e. The Hall–Kier alpha value is -2.20. The first-order valence-electron chi connectivity index (χ1n) is 7.24. The van der Waals surface area contributed by atoms with Crippen LogP contribution in [0, 0.1) is 6.92 Å². The maximum absolute atomic E-state index is 12.8. The molecule has 1 aromatic carbocycles. The van der Waals surface area contributed by atoms with Crippen LogP contribution >= 0.6 is 0 Å². The number of rotatable bonds is 2. The highest BCUT2D eigenvalue weighted by Crippen LogP contribution is 2.23. The van der Waals surface area contributed by atoms with Crippen LogP contribution in [0.4, 0.5) is 0 Å². The number of benzene rings is 1. The number of hydrogen-bond donors (Lipinski definition) is 1. The fraction of sp³-hybridized carbons (Fsp3) is 0.294. The summed E-state index contributed by atoms with van der Waals surface area (Å²) in [5.74, 6) is 0.0883. The van der Waals surface area contributed by atoms with Gasteiger partial charge in [-0.3, -0.25) is 9.78 Å². The Kier molecular flexibility index (Phi) is 3.97. The van der Waals surface area contributed by atoms with E-state index in [-0.39, 0.29) is 11.9 Å². The van der Waals surface area contributed by atoms with Crippen molar-refractivity contribution in [2.45, 2.75) is 13.0 Å². The topological polar surface area (TPSA) is 45.2 Å². The molecule has 2 aromatic rings. The molecular formula is C17H19N3O. The quantitative estimate of drug-likeness (QED) is 0.917. The van der Waals surface area contributed by atoms with Gasteiger partial charge in [0.1, 0.15) is 0 Å². The number of aromatic nitrogens is 1. The van der Waals surface area contributed by atoms with E-state index in [1.807, 2.05) is 54.4 Å². The number of pyridine rings is 1. The number of carbonyl (C=O) groups excluding carboxylic acids is 1. The first-order chi connectivity index (χ1) is 10.3. The number of aryl methyl sites for hydroxylation is 1. The summed E-state index contributed by atoms with van der Waals surface area (Å²) in [6.45, 7) is 4.33. The lowest BCUT2D eigenvalue weighted by Crippen LogP contribution is -2.48. The van der Waals surface area contributed by atoms with E-state index in [0.29, 0.717) is 6.54 Å². The zero-order valence-electron chi connectivity index (χ0n) is 12.1. The highest BCUT2D eigenvalue weighted by Gasteiger charge is 2.28. The molecule has 0 radical (unpaired) electrons. The van der Waals surface area contributed by atoms with Crippen LogP contribution < -0.4 is 5.32 Å². The zero-order valence-corrected chi connectivity index (χ0v) is 12.1. The normalized spacial score (nSPS) is 18.5. The standard InChI is InChI=1S/C17H19N3O/c1-13-4-6-14(7-5-13)17(21)20-10-9-19-12-16(20)15-3-2-8-18-11-15/h2-8,11,16,19H,9-10,12H2,1H3. The van der Waals surface area contributed by atoms with Gasteiger partial charge in [-0.15, -0.1) is 0 Å². The van der Waals surface area contributed by atoms with E-state index in [1.165, 1.54) is 0 Å². The second-order valence-corrected chi connectivity index (χ2v) is 5.37. The molecule has 108 valence electrons. The molecule has 1 aromatic heterocycles. The molecule has 1 amide bonds. The van der Waals surface area contributed by atoms with E-state index < -0.39 is 0 Å². The average molecular weight is 281 g/mol. The molecule has 21 heavy (non-hydrogen) atoms. The molecule has 1 unspecified atom stereocenters. The van der Waals surface area contributed by atoms with Crippen LogP contribution in [0.15, 0.2) is 48.8 Å². The number of hydrogen-bond acceptors (Lipinski definition) is 3. The third-order valence-electron chi connectivity index (χ3n) is 3.87. The Morgan fingerprint density at radius 2 is 2.10 bits per heavy atom. The first kappa shape index (κ1) is 13.8. The third kappa shape index (κ3) is 2.95. The van der Waals surface area contributed by atoms with Gasteiger partial charge in [0, 0.05) is 37.6 Å². The van der Waals surface area contributed by atoms with E-state index in [0.717, 1.165) is 29.8 Å². The van der Waals surface area contributed by atoms with Crippen LogP contribution in [-0.2, 0) is 0 Å². The fourth-order valence-corrected chi connectivity index (χ4v) is 2.68. The van der Waals surface area contributed by atoms with E-state index in [1.54, 1.807) is 6.20 Å². The highest BCUT2D eigenvalue weighted by atomic mass is 16.2. The zero-order chi connectivity index (χ0) is 14.7. The van der Waals surface area contributed by atoms with Gasteiger partial charge in [0.25, 0.3) is 5.91 Å². The van der Waals surface area contributed by atoms with Crippen molar-refractivity contribution in [1.82, 2.24) is 15.2 Å². The molecule has 1 aliphatic rings. The van der Waals surface area contributed by atoms with Gasteiger partial charge in [-0.2, -0.15) is 0 Å². The van der Waals surface area contributed by atoms with Gasteiger partial charge in [0.15, 0.2) is 0 Å². The largest absolute Gasteiger partial charge is 0.329 e. The summed E-state index contributed by atoms with van der Waals surface area (Å²) in [5.41, 5.74) is 2.98. The molecule has 2 heterocycles. The summed E-state index contributed by atoms with van der Waals surface area (Å²) in [5, 5.41) is 3.36. The van der Waals surface area contributed by atoms with Crippen molar-refractivity contribution in [2.24, 2.45) is 0 Å². The minimum Gasteiger partial charge on any atom is -0.329 e. The summed E-state index contributed by atoms with van der Waals surface area (Å²) in [6, 6.07) is 11.8. The molecule has 3 rings (SSSR count). The van der Waals surface area contributed by atoms with Crippen molar-refractivity contribution in [2.75, 3.05) is 19.6 Å². The van der Waals surface area contributed by atoms with E-state index in [9.17, 15) is 4.79 Å². The SMILES string of the molecule is Cc1ccc(C(=O)N2CCNCC2c2cccnc2)cc1. The summed E-state index contributed by atoms with van der Waals surface area (Å²) in [4.78, 5) is 18.9. The van der Waals surface area contributed by atoms with Crippen LogP contribution in [0.2, 0.25) is 0 Å². The molecule has 0 bridgehead atoms. The molecule has 1 aliphatic heterocycles. The maximum Gasteiger partial charge on any atom is 0.254 e. The lowest BCUT2D eigenvalue weighted by molar-refractivity contribution is 0.0634. The minimum atomic E-state index is 0.0428. The van der Waals surface area contributed by atoms with Gasteiger partial charge >= 0.3 is 0 Å². The second kappa shape index (κ2) is 6.06. The molecule has 0 spiro atoms. The first-order valence-corrected chi connectivity index (χ1v) is 7.24. The van der Waals surface area contributed by atoms with Crippen molar-refractivity contribution >= 4 is 5.91 Å². The number of nitrogens with one attached hydrogen (secondary N) is 1. The van der Waals surface area contributed by atoms with Crippen molar-refractivity contribution < 1.29 is 4.79 Å². The summed E-state index contributed by atoms with van der Waals surface area (Å²) in [7, 11) is 0. The predicted octanol–water partition coefficient (Wildman–Crippen LogP) is 2.18. The Morgan fingerprint density at radius 3 is 2.81 bits per heavy atom. The number of nitrogens with zero attached hydrogens (tertiary/aromatic N) is 2. The number of amides is 1. The van der Waals surface area contributed by atoms with Gasteiger partial charge in [-0.1, -0.05) is 23.8 Å². The molecule has 4 heteroatoms. The Balaban J connectivity index is 1.87. The number of piperazine rings is 1. The minimum absolute atomic E-state index is 0.0428. The third-order valence-corrected chi connectivity index (χ3v) is 3.87. The van der Waals surface area contributed by atoms with Crippen LogP contribution in [0.3, 0.4) is 0 Å². The van der Waals surface area contributed by atoms with Crippen LogP contribution in [0.5, 0.6) is 0 Å². The van der Waals surface area contributed by atoms with Crippen molar-refractivity contribution in [1.29, 1.82) is 0 Å². The van der Waals surface area contributed by atoms with Crippen LogP contribution in [0.25, 0.3) is 0 Å². The monoisotopic (exact) mass is 281 g/mol. The van der Waals surface area contributed by atoms with E-state index in [4.69, 9.17) is 0 Å². The van der Waals surface area contributed by atoms with Gasteiger partial charge in [0.2, 0.25) is 0 Å². The van der Waals surface area contributed by atoms with Gasteiger partial charge < -0.3 is 10.2 Å². The van der Waals surface area contributed by atoms with Gasteiger partial charge in [0.05, 0.1) is 6.04 Å². The lowest BCUT2D eigenvalue weighted by atomic mass is 10.0. The van der Waals surface area contributed by atoms with Crippen molar-refractivity contribution in [3.63, 3.8) is 0 Å². The predicted molar refractivity (Wildman–Crippen MR) is 82.1 cm³/mol. The molecule has 0 aliphatic carbocycles. The second-order valence-electron chi connectivity index (χ2n) is 5.37. The summed E-state index contributed by atoms with van der Waals surface area (Å²) < 4.78 is 0. The molecule has 4 nitrogen and oxygen atoms in total. The summed E-state index contributed by atoms with van der Waals surface area (Å²) in [6.07, 6.45) is 3.60. The molecule has 0 saturated carbocycles. The maximum atomic E-state index is 12.8. The molecule has 1 fully saturated rings. The summed E-state index contributed by atoms with van der Waals surface area (Å²) >= 11 is 0. The molecule has 1 saturated heterocycles. The highest BCUT2D eigenvalue weighted by molar-refractivity contribution is 5.94. The van der Waals surface area contributed by atoms with Crippen LogP contribution in [0.1, 0.15) is 27.5 Å². The average Bonchev–Trinajstić information content (AvgIpc) is 2.56. The van der Waals surface area contributed by atoms with E-state index in [2.05, 4.69) is 10.3 Å². The Morgan fingerprint density at radius 1 is 1.29 bits per heavy atom. The van der Waals surface area contributed by atoms with E-state index >= 15 is 0 Å². The van der Waals surface area contributed by atoms with Gasteiger partial charge in [-0.05, 0) is 30.7 Å². The molecule has 1 N–H and O–H groups in total. The Labute approximate surface area is 124 Å². The molecular weight excluding hydrogens is 262 g/mol. The fourth-order valence-electron chi connectivity index (χ4n) is 2.68. The van der Waals surface area contributed by atoms with Crippen molar-refractivity contribution in [3.8, 4) is 0 Å². The molecule has 1 atom stereocenters.